The Kier molecular flexibility index (Phi) is 3.26. The number of nitrogens with zero attached hydrogens (tertiary/aromatic N) is 4. The van der Waals surface area contributed by atoms with Gasteiger partial charge in [0.2, 0.25) is 0 Å². The zero-order chi connectivity index (χ0) is 13.4. The Morgan fingerprint density at radius 1 is 1.37 bits per heavy atom. The van der Waals surface area contributed by atoms with Crippen molar-refractivity contribution in [3.05, 3.63) is 22.7 Å². The summed E-state index contributed by atoms with van der Waals surface area (Å²) in [7, 11) is 0. The predicted molar refractivity (Wildman–Crippen MR) is 77.4 cm³/mol. The lowest BCUT2D eigenvalue weighted by molar-refractivity contribution is 0.443. The number of tetrazole rings is 1. The fraction of sp³-hybridized carbons (Fsp3) is 0.462. The molecule has 1 aliphatic carbocycles. The van der Waals surface area contributed by atoms with Gasteiger partial charge in [0.05, 0.1) is 10.5 Å². The van der Waals surface area contributed by atoms with Gasteiger partial charge in [0.1, 0.15) is 0 Å². The number of anilines is 1. The number of aromatic nitrogens is 4. The van der Waals surface area contributed by atoms with Crippen LogP contribution in [0, 0.1) is 5.92 Å². The minimum atomic E-state index is 0.397. The van der Waals surface area contributed by atoms with Gasteiger partial charge in [0, 0.05) is 11.3 Å². The molecule has 19 heavy (non-hydrogen) atoms. The highest BCUT2D eigenvalue weighted by Crippen LogP contribution is 2.37. The zero-order valence-corrected chi connectivity index (χ0v) is 12.3. The molecular weight excluding hydrogens is 306 g/mol. The van der Waals surface area contributed by atoms with Gasteiger partial charge in [-0.05, 0) is 63.7 Å². The van der Waals surface area contributed by atoms with Crippen molar-refractivity contribution in [2.75, 3.05) is 5.73 Å². The van der Waals surface area contributed by atoms with Crippen LogP contribution in [0.3, 0.4) is 0 Å². The molecule has 6 heteroatoms. The fourth-order valence-electron chi connectivity index (χ4n) is 2.74. The molecule has 5 nitrogen and oxygen atoms in total. The molecule has 1 aromatic heterocycles. The van der Waals surface area contributed by atoms with Gasteiger partial charge in [0.25, 0.3) is 0 Å². The van der Waals surface area contributed by atoms with Crippen LogP contribution in [0.2, 0.25) is 0 Å². The lowest BCUT2D eigenvalue weighted by Crippen LogP contribution is -2.09. The molecule has 1 saturated carbocycles. The van der Waals surface area contributed by atoms with Crippen molar-refractivity contribution >= 4 is 21.6 Å². The highest BCUT2D eigenvalue weighted by atomic mass is 79.9. The summed E-state index contributed by atoms with van der Waals surface area (Å²) in [5.74, 6) is 1.53. The molecule has 0 saturated heterocycles. The van der Waals surface area contributed by atoms with Crippen LogP contribution in [0.5, 0.6) is 0 Å². The molecule has 0 radical (unpaired) electrons. The summed E-state index contributed by atoms with van der Waals surface area (Å²) in [5.41, 5.74) is 7.58. The Hall–Kier alpha value is -1.43. The van der Waals surface area contributed by atoms with E-state index in [2.05, 4.69) is 38.4 Å². The third-order valence-corrected chi connectivity index (χ3v) is 4.66. The Morgan fingerprint density at radius 3 is 2.95 bits per heavy atom. The molecule has 1 aliphatic rings. The summed E-state index contributed by atoms with van der Waals surface area (Å²) in [5, 5.41) is 12.2. The summed E-state index contributed by atoms with van der Waals surface area (Å²) in [4.78, 5) is 0. The highest BCUT2D eigenvalue weighted by molar-refractivity contribution is 9.10. The Morgan fingerprint density at radius 2 is 2.21 bits per heavy atom. The minimum Gasteiger partial charge on any atom is -0.398 e. The number of nitrogens with two attached hydrogens (primary N) is 1. The molecule has 2 atom stereocenters. The number of hydrogen-bond donors (Lipinski definition) is 1. The topological polar surface area (TPSA) is 69.6 Å². The van der Waals surface area contributed by atoms with Crippen molar-refractivity contribution in [1.82, 2.24) is 20.2 Å². The third kappa shape index (κ3) is 2.25. The van der Waals surface area contributed by atoms with Crippen LogP contribution >= 0.6 is 15.9 Å². The molecule has 0 aliphatic heterocycles. The number of halogens is 1. The van der Waals surface area contributed by atoms with E-state index in [0.29, 0.717) is 11.7 Å². The maximum absolute atomic E-state index is 5.93. The summed E-state index contributed by atoms with van der Waals surface area (Å²) in [6, 6.07) is 6.17. The zero-order valence-electron chi connectivity index (χ0n) is 10.8. The predicted octanol–water partition coefficient (Wildman–Crippen LogP) is 3.05. The van der Waals surface area contributed by atoms with E-state index in [1.807, 2.05) is 22.9 Å². The summed E-state index contributed by atoms with van der Waals surface area (Å²) in [6.07, 6.45) is 3.51. The van der Waals surface area contributed by atoms with Crippen LogP contribution in [0.4, 0.5) is 5.69 Å². The normalized spacial score (nSPS) is 22.8. The first-order chi connectivity index (χ1) is 9.16. The molecule has 1 heterocycles. The second-order valence-electron chi connectivity index (χ2n) is 5.23. The van der Waals surface area contributed by atoms with Gasteiger partial charge in [-0.3, -0.25) is 0 Å². The van der Waals surface area contributed by atoms with Crippen LogP contribution in [0.25, 0.3) is 11.4 Å². The SMILES string of the molecule is CC1CCC(n2nnnc2-c2cccc(N)c2Br)C1. The standard InChI is InChI=1S/C13H16BrN5/c1-8-5-6-9(7-8)19-13(16-17-18-19)10-3-2-4-11(15)12(10)14/h2-4,8-9H,5-7,15H2,1H3. The number of rotatable bonds is 2. The summed E-state index contributed by atoms with van der Waals surface area (Å²) >= 11 is 3.52. The van der Waals surface area contributed by atoms with E-state index in [-0.39, 0.29) is 0 Å². The molecule has 0 bridgehead atoms. The largest absolute Gasteiger partial charge is 0.398 e. The van der Waals surface area contributed by atoms with Gasteiger partial charge in [0.15, 0.2) is 5.82 Å². The minimum absolute atomic E-state index is 0.397. The molecular formula is C13H16BrN5. The number of benzene rings is 1. The maximum atomic E-state index is 5.93. The van der Waals surface area contributed by atoms with E-state index in [9.17, 15) is 0 Å². The van der Waals surface area contributed by atoms with Crippen LogP contribution in [0.1, 0.15) is 32.2 Å². The molecule has 1 aromatic carbocycles. The number of nitrogen functional groups attached to an aromatic ring is 1. The summed E-state index contributed by atoms with van der Waals surface area (Å²) < 4.78 is 2.81. The van der Waals surface area contributed by atoms with Gasteiger partial charge in [-0.1, -0.05) is 13.0 Å². The van der Waals surface area contributed by atoms with Crippen molar-refractivity contribution < 1.29 is 0 Å². The molecule has 2 aromatic rings. The molecule has 2 unspecified atom stereocenters. The average Bonchev–Trinajstić information content (AvgIpc) is 3.01. The van der Waals surface area contributed by atoms with Crippen molar-refractivity contribution in [2.24, 2.45) is 5.92 Å². The molecule has 1 fully saturated rings. The molecule has 0 spiro atoms. The first kappa shape index (κ1) is 12.6. The van der Waals surface area contributed by atoms with Crippen molar-refractivity contribution in [3.8, 4) is 11.4 Å². The third-order valence-electron chi connectivity index (χ3n) is 3.78. The molecule has 100 valence electrons. The smallest absolute Gasteiger partial charge is 0.183 e. The molecule has 2 N–H and O–H groups in total. The monoisotopic (exact) mass is 321 g/mol. The second kappa shape index (κ2) is 4.92. The van der Waals surface area contributed by atoms with Crippen molar-refractivity contribution in [1.29, 1.82) is 0 Å². The van der Waals surface area contributed by atoms with Gasteiger partial charge >= 0.3 is 0 Å². The highest BCUT2D eigenvalue weighted by Gasteiger charge is 2.27. The van der Waals surface area contributed by atoms with E-state index < -0.39 is 0 Å². The lowest BCUT2D eigenvalue weighted by atomic mass is 10.1. The van der Waals surface area contributed by atoms with E-state index in [1.165, 1.54) is 6.42 Å². The van der Waals surface area contributed by atoms with Gasteiger partial charge < -0.3 is 5.73 Å². The van der Waals surface area contributed by atoms with Gasteiger partial charge in [-0.25, -0.2) is 4.68 Å². The van der Waals surface area contributed by atoms with E-state index in [1.54, 1.807) is 0 Å². The first-order valence-electron chi connectivity index (χ1n) is 6.49. The Bertz CT molecular complexity index is 594. The summed E-state index contributed by atoms with van der Waals surface area (Å²) in [6.45, 7) is 2.28. The van der Waals surface area contributed by atoms with Crippen molar-refractivity contribution in [3.63, 3.8) is 0 Å². The number of hydrogen-bond acceptors (Lipinski definition) is 4. The Labute approximate surface area is 120 Å². The van der Waals surface area contributed by atoms with Crippen molar-refractivity contribution in [2.45, 2.75) is 32.2 Å². The van der Waals surface area contributed by atoms with Crippen LogP contribution in [0.15, 0.2) is 22.7 Å². The second-order valence-corrected chi connectivity index (χ2v) is 6.02. The fourth-order valence-corrected chi connectivity index (χ4v) is 3.18. The lowest BCUT2D eigenvalue weighted by Gasteiger charge is -2.13. The Balaban J connectivity index is 2.02. The van der Waals surface area contributed by atoms with Crippen LogP contribution in [-0.2, 0) is 0 Å². The first-order valence-corrected chi connectivity index (χ1v) is 7.28. The quantitative estimate of drug-likeness (QED) is 0.863. The molecule has 0 amide bonds. The average molecular weight is 322 g/mol. The van der Waals surface area contributed by atoms with Crippen LogP contribution < -0.4 is 5.73 Å². The maximum Gasteiger partial charge on any atom is 0.183 e. The van der Waals surface area contributed by atoms with Gasteiger partial charge in [-0.15, -0.1) is 5.10 Å². The van der Waals surface area contributed by atoms with E-state index in [4.69, 9.17) is 5.73 Å². The van der Waals surface area contributed by atoms with E-state index in [0.717, 1.165) is 34.6 Å². The molecule has 3 rings (SSSR count). The van der Waals surface area contributed by atoms with Gasteiger partial charge in [-0.2, -0.15) is 0 Å². The van der Waals surface area contributed by atoms with E-state index >= 15 is 0 Å². The van der Waals surface area contributed by atoms with Crippen LogP contribution in [-0.4, -0.2) is 20.2 Å².